The first-order valence-corrected chi connectivity index (χ1v) is 6.12. The van der Waals surface area contributed by atoms with E-state index >= 15 is 0 Å². The first-order chi connectivity index (χ1) is 8.90. The molecule has 0 aliphatic carbocycles. The van der Waals surface area contributed by atoms with E-state index in [2.05, 4.69) is 5.10 Å². The Hall–Kier alpha value is -1.37. The summed E-state index contributed by atoms with van der Waals surface area (Å²) in [6.07, 6.45) is 0. The third-order valence-electron chi connectivity index (χ3n) is 3.00. The van der Waals surface area contributed by atoms with Crippen LogP contribution in [0.25, 0.3) is 0 Å². The summed E-state index contributed by atoms with van der Waals surface area (Å²) in [6, 6.07) is 3.89. The average Bonchev–Trinajstić information content (AvgIpc) is 2.59. The number of hydrogen-bond donors (Lipinski definition) is 2. The maximum atomic E-state index is 13.1. The lowest BCUT2D eigenvalue weighted by atomic mass is 9.77. The zero-order chi connectivity index (χ0) is 14.2. The smallest absolute Gasteiger partial charge is 0.423 e. The Balaban J connectivity index is 2.40. The number of nitrogens with zero attached hydrogens (tertiary/aromatic N) is 2. The molecule has 0 amide bonds. The second-order valence-electron chi connectivity index (χ2n) is 4.36. The molecule has 0 aliphatic rings. The number of halogens is 2. The van der Waals surface area contributed by atoms with Gasteiger partial charge in [-0.2, -0.15) is 5.10 Å². The van der Waals surface area contributed by atoms with E-state index in [0.29, 0.717) is 22.8 Å². The quantitative estimate of drug-likeness (QED) is 0.827. The average molecular weight is 283 g/mol. The van der Waals surface area contributed by atoms with E-state index in [1.807, 2.05) is 6.92 Å². The van der Waals surface area contributed by atoms with Gasteiger partial charge in [-0.15, -0.1) is 0 Å². The molecule has 0 atom stereocenters. The molecule has 0 saturated heterocycles. The zero-order valence-electron chi connectivity index (χ0n) is 10.6. The molecule has 0 unspecified atom stereocenters. The Bertz CT molecular complexity index is 616. The van der Waals surface area contributed by atoms with Crippen LogP contribution in [0.2, 0.25) is 5.02 Å². The molecule has 4 nitrogen and oxygen atoms in total. The Morgan fingerprint density at radius 1 is 1.37 bits per heavy atom. The van der Waals surface area contributed by atoms with Crippen molar-refractivity contribution in [3.05, 3.63) is 46.0 Å². The van der Waals surface area contributed by atoms with E-state index in [-0.39, 0.29) is 5.46 Å². The molecule has 1 aromatic heterocycles. The maximum absolute atomic E-state index is 13.1. The van der Waals surface area contributed by atoms with E-state index in [1.165, 1.54) is 12.1 Å². The van der Waals surface area contributed by atoms with Gasteiger partial charge in [0.2, 0.25) is 0 Å². The zero-order valence-corrected chi connectivity index (χ0v) is 11.3. The molecule has 0 bridgehead atoms. The normalized spacial score (nSPS) is 10.8. The summed E-state index contributed by atoms with van der Waals surface area (Å²) in [6.45, 7) is 3.91. The lowest BCUT2D eigenvalue weighted by Crippen LogP contribution is -2.34. The predicted octanol–water partition coefficient (Wildman–Crippen LogP) is 1.02. The molecule has 1 heterocycles. The van der Waals surface area contributed by atoms with Crippen LogP contribution in [0.1, 0.15) is 17.0 Å². The fourth-order valence-electron chi connectivity index (χ4n) is 1.94. The van der Waals surface area contributed by atoms with Crippen LogP contribution in [0.4, 0.5) is 4.39 Å². The van der Waals surface area contributed by atoms with E-state index in [0.717, 1.165) is 11.8 Å². The highest BCUT2D eigenvalue weighted by Gasteiger charge is 2.18. The van der Waals surface area contributed by atoms with Crippen LogP contribution >= 0.6 is 11.6 Å². The topological polar surface area (TPSA) is 58.3 Å². The second-order valence-corrected chi connectivity index (χ2v) is 4.74. The van der Waals surface area contributed by atoms with Crippen molar-refractivity contribution in [2.24, 2.45) is 0 Å². The van der Waals surface area contributed by atoms with Crippen molar-refractivity contribution in [3.63, 3.8) is 0 Å². The third-order valence-corrected chi connectivity index (χ3v) is 3.55. The van der Waals surface area contributed by atoms with E-state index in [9.17, 15) is 14.4 Å². The van der Waals surface area contributed by atoms with Crippen LogP contribution in [0.3, 0.4) is 0 Å². The molecule has 2 aromatic rings. The molecule has 19 heavy (non-hydrogen) atoms. The predicted molar refractivity (Wildman–Crippen MR) is 72.0 cm³/mol. The monoisotopic (exact) mass is 282 g/mol. The molecule has 0 saturated carbocycles. The SMILES string of the molecule is Cc1nn(Cc2ccc(F)cc2B(O)O)c(C)c1Cl. The van der Waals surface area contributed by atoms with E-state index < -0.39 is 12.9 Å². The Morgan fingerprint density at radius 3 is 2.58 bits per heavy atom. The minimum atomic E-state index is -1.72. The number of hydrogen-bond acceptors (Lipinski definition) is 3. The Kier molecular flexibility index (Phi) is 3.94. The number of benzene rings is 1. The first-order valence-electron chi connectivity index (χ1n) is 5.74. The molecule has 0 aliphatic heterocycles. The van der Waals surface area contributed by atoms with Gasteiger partial charge in [-0.3, -0.25) is 4.68 Å². The number of aromatic nitrogens is 2. The summed E-state index contributed by atoms with van der Waals surface area (Å²) in [5, 5.41) is 23.4. The van der Waals surface area contributed by atoms with Crippen LogP contribution in [-0.4, -0.2) is 26.9 Å². The van der Waals surface area contributed by atoms with E-state index in [4.69, 9.17) is 11.6 Å². The first kappa shape index (κ1) is 14.1. The van der Waals surface area contributed by atoms with Crippen LogP contribution in [-0.2, 0) is 6.54 Å². The van der Waals surface area contributed by atoms with Gasteiger partial charge in [-0.1, -0.05) is 17.7 Å². The summed E-state index contributed by atoms with van der Waals surface area (Å²) >= 11 is 6.05. The highest BCUT2D eigenvalue weighted by atomic mass is 35.5. The number of aryl methyl sites for hydroxylation is 1. The largest absolute Gasteiger partial charge is 0.488 e. The molecule has 7 heteroatoms. The highest BCUT2D eigenvalue weighted by molar-refractivity contribution is 6.59. The van der Waals surface area contributed by atoms with Crippen LogP contribution in [0.15, 0.2) is 18.2 Å². The lowest BCUT2D eigenvalue weighted by Gasteiger charge is -2.10. The van der Waals surface area contributed by atoms with Gasteiger partial charge in [0.25, 0.3) is 0 Å². The minimum Gasteiger partial charge on any atom is -0.423 e. The van der Waals surface area contributed by atoms with Crippen molar-refractivity contribution in [1.29, 1.82) is 0 Å². The second kappa shape index (κ2) is 5.32. The van der Waals surface area contributed by atoms with Crippen molar-refractivity contribution in [2.75, 3.05) is 0 Å². The molecule has 0 radical (unpaired) electrons. The molecule has 0 fully saturated rings. The van der Waals surface area contributed by atoms with Gasteiger partial charge in [-0.25, -0.2) is 4.39 Å². The van der Waals surface area contributed by atoms with Crippen LogP contribution < -0.4 is 5.46 Å². The van der Waals surface area contributed by atoms with Gasteiger partial charge in [0.15, 0.2) is 0 Å². The highest BCUT2D eigenvalue weighted by Crippen LogP contribution is 2.19. The minimum absolute atomic E-state index is 0.128. The molecular weight excluding hydrogens is 269 g/mol. The molecule has 0 spiro atoms. The lowest BCUT2D eigenvalue weighted by molar-refractivity contribution is 0.424. The summed E-state index contributed by atoms with van der Waals surface area (Å²) in [4.78, 5) is 0. The van der Waals surface area contributed by atoms with E-state index in [1.54, 1.807) is 11.6 Å². The fraction of sp³-hybridized carbons (Fsp3) is 0.250. The Labute approximate surface area is 115 Å². The third kappa shape index (κ3) is 2.81. The van der Waals surface area contributed by atoms with Gasteiger partial charge in [0.1, 0.15) is 5.82 Å². The summed E-state index contributed by atoms with van der Waals surface area (Å²) in [5.74, 6) is -0.516. The molecule has 2 N–H and O–H groups in total. The van der Waals surface area contributed by atoms with Crippen molar-refractivity contribution in [1.82, 2.24) is 9.78 Å². The van der Waals surface area contributed by atoms with Gasteiger partial charge in [-0.05, 0) is 37.0 Å². The summed E-state index contributed by atoms with van der Waals surface area (Å²) < 4.78 is 14.8. The molecule has 100 valence electrons. The molecule has 2 rings (SSSR count). The summed E-state index contributed by atoms with van der Waals surface area (Å²) in [5.41, 5.74) is 2.19. The Morgan fingerprint density at radius 2 is 2.05 bits per heavy atom. The van der Waals surface area contributed by atoms with Crippen LogP contribution in [0.5, 0.6) is 0 Å². The summed E-state index contributed by atoms with van der Waals surface area (Å²) in [7, 11) is -1.72. The van der Waals surface area contributed by atoms with Crippen LogP contribution in [0, 0.1) is 19.7 Å². The fourth-order valence-corrected chi connectivity index (χ4v) is 2.08. The van der Waals surface area contributed by atoms with Crippen molar-refractivity contribution in [3.8, 4) is 0 Å². The molecule has 1 aromatic carbocycles. The van der Waals surface area contributed by atoms with Crippen molar-refractivity contribution >= 4 is 24.2 Å². The number of rotatable bonds is 3. The van der Waals surface area contributed by atoms with Gasteiger partial charge in [0.05, 0.1) is 23.0 Å². The van der Waals surface area contributed by atoms with Gasteiger partial charge in [0, 0.05) is 0 Å². The maximum Gasteiger partial charge on any atom is 0.488 e. The van der Waals surface area contributed by atoms with Crippen molar-refractivity contribution < 1.29 is 14.4 Å². The van der Waals surface area contributed by atoms with Crippen molar-refractivity contribution in [2.45, 2.75) is 20.4 Å². The van der Waals surface area contributed by atoms with Gasteiger partial charge >= 0.3 is 7.12 Å². The molecular formula is C12H13BClFN2O2. The standard InChI is InChI=1S/C12H13BClFN2O2/c1-7-12(14)8(2)17(16-7)6-9-3-4-10(15)5-11(9)13(18)19/h3-5,18-19H,6H2,1-2H3. The van der Waals surface area contributed by atoms with Gasteiger partial charge < -0.3 is 10.0 Å².